The Morgan fingerprint density at radius 1 is 1.16 bits per heavy atom. The topological polar surface area (TPSA) is 69.0 Å². The number of aryl methyl sites for hydroxylation is 2. The smallest absolute Gasteiger partial charge is 0.248 e. The van der Waals surface area contributed by atoms with Crippen LogP contribution >= 0.6 is 0 Å². The summed E-state index contributed by atoms with van der Waals surface area (Å²) < 4.78 is 7.33. The van der Waals surface area contributed by atoms with E-state index in [0.717, 1.165) is 11.1 Å². The number of hydrogen-bond acceptors (Lipinski definition) is 4. The predicted octanol–water partition coefficient (Wildman–Crippen LogP) is 3.57. The van der Waals surface area contributed by atoms with Gasteiger partial charge in [0.05, 0.1) is 18.1 Å². The maximum atomic E-state index is 11.9. The van der Waals surface area contributed by atoms with Crippen molar-refractivity contribution in [1.29, 1.82) is 0 Å². The second-order valence-corrected chi connectivity index (χ2v) is 5.57. The molecule has 0 spiro atoms. The van der Waals surface area contributed by atoms with E-state index >= 15 is 0 Å². The van der Waals surface area contributed by atoms with Gasteiger partial charge in [-0.05, 0) is 31.2 Å². The molecule has 0 saturated carbocycles. The SMILES string of the molecule is Cc1ccc(Oc2ccc(NC(=O)/C=C/c3cnn(C)c3)cn2)cc1. The monoisotopic (exact) mass is 334 g/mol. The van der Waals surface area contributed by atoms with Gasteiger partial charge in [0.1, 0.15) is 5.75 Å². The second-order valence-electron chi connectivity index (χ2n) is 5.57. The van der Waals surface area contributed by atoms with E-state index in [1.807, 2.05) is 44.4 Å². The fourth-order valence-corrected chi connectivity index (χ4v) is 2.12. The quantitative estimate of drug-likeness (QED) is 0.724. The third-order valence-electron chi connectivity index (χ3n) is 3.40. The summed E-state index contributed by atoms with van der Waals surface area (Å²) in [5.41, 5.74) is 2.62. The number of nitrogens with zero attached hydrogens (tertiary/aromatic N) is 3. The van der Waals surface area contributed by atoms with Gasteiger partial charge in [-0.2, -0.15) is 5.10 Å². The molecular formula is C19H18N4O2. The minimum Gasteiger partial charge on any atom is -0.439 e. The molecule has 1 N–H and O–H groups in total. The van der Waals surface area contributed by atoms with Crippen LogP contribution in [-0.2, 0) is 11.8 Å². The molecule has 6 nitrogen and oxygen atoms in total. The van der Waals surface area contributed by atoms with Crippen LogP contribution in [0.15, 0.2) is 61.1 Å². The van der Waals surface area contributed by atoms with Crippen molar-refractivity contribution >= 4 is 17.7 Å². The van der Waals surface area contributed by atoms with Crippen LogP contribution in [0.4, 0.5) is 5.69 Å². The summed E-state index contributed by atoms with van der Waals surface area (Å²) in [5, 5.41) is 6.78. The summed E-state index contributed by atoms with van der Waals surface area (Å²) in [6, 6.07) is 11.2. The molecule has 2 heterocycles. The zero-order valence-electron chi connectivity index (χ0n) is 14.0. The zero-order valence-corrected chi connectivity index (χ0v) is 14.0. The van der Waals surface area contributed by atoms with Gasteiger partial charge in [-0.1, -0.05) is 17.7 Å². The average molecular weight is 334 g/mol. The summed E-state index contributed by atoms with van der Waals surface area (Å²) in [5.74, 6) is 0.944. The number of carbonyl (C=O) groups is 1. The number of nitrogens with one attached hydrogen (secondary N) is 1. The molecule has 3 aromatic rings. The highest BCUT2D eigenvalue weighted by Gasteiger charge is 2.02. The van der Waals surface area contributed by atoms with E-state index in [1.165, 1.54) is 6.08 Å². The van der Waals surface area contributed by atoms with E-state index in [-0.39, 0.29) is 5.91 Å². The van der Waals surface area contributed by atoms with Crippen molar-refractivity contribution in [2.24, 2.45) is 7.05 Å². The lowest BCUT2D eigenvalue weighted by atomic mass is 10.2. The lowest BCUT2D eigenvalue weighted by molar-refractivity contribution is -0.111. The van der Waals surface area contributed by atoms with Crippen LogP contribution in [0, 0.1) is 6.92 Å². The first-order chi connectivity index (χ1) is 12.1. The van der Waals surface area contributed by atoms with E-state index in [4.69, 9.17) is 4.74 Å². The van der Waals surface area contributed by atoms with E-state index in [9.17, 15) is 4.79 Å². The molecule has 0 aliphatic carbocycles. The van der Waals surface area contributed by atoms with E-state index in [0.29, 0.717) is 17.3 Å². The lowest BCUT2D eigenvalue weighted by Crippen LogP contribution is -2.07. The van der Waals surface area contributed by atoms with Crippen LogP contribution in [0.2, 0.25) is 0 Å². The number of hydrogen-bond donors (Lipinski definition) is 1. The number of carbonyl (C=O) groups excluding carboxylic acids is 1. The van der Waals surface area contributed by atoms with Crippen LogP contribution < -0.4 is 10.1 Å². The Kier molecular flexibility index (Phi) is 4.89. The molecule has 25 heavy (non-hydrogen) atoms. The van der Waals surface area contributed by atoms with Crippen LogP contribution in [0.5, 0.6) is 11.6 Å². The largest absolute Gasteiger partial charge is 0.439 e. The van der Waals surface area contributed by atoms with Gasteiger partial charge >= 0.3 is 0 Å². The summed E-state index contributed by atoms with van der Waals surface area (Å²) >= 11 is 0. The molecule has 2 aromatic heterocycles. The Morgan fingerprint density at radius 3 is 2.60 bits per heavy atom. The number of pyridine rings is 1. The molecule has 3 rings (SSSR count). The molecule has 1 amide bonds. The number of rotatable bonds is 5. The molecule has 0 aliphatic rings. The van der Waals surface area contributed by atoms with Crippen molar-refractivity contribution in [1.82, 2.24) is 14.8 Å². The molecule has 0 bridgehead atoms. The van der Waals surface area contributed by atoms with Crippen molar-refractivity contribution in [2.75, 3.05) is 5.32 Å². The minimum absolute atomic E-state index is 0.238. The molecule has 0 fully saturated rings. The standard InChI is InChI=1S/C19H18N4O2/c1-14-3-7-17(8-4-14)25-19-10-6-16(12-20-19)22-18(24)9-5-15-11-21-23(2)13-15/h3-13H,1-2H3,(H,22,24)/b9-5+. The molecule has 1 aromatic carbocycles. The fourth-order valence-electron chi connectivity index (χ4n) is 2.12. The van der Waals surface area contributed by atoms with E-state index in [2.05, 4.69) is 15.4 Å². The molecule has 0 radical (unpaired) electrons. The number of ether oxygens (including phenoxy) is 1. The van der Waals surface area contributed by atoms with Crippen LogP contribution in [0.1, 0.15) is 11.1 Å². The first-order valence-electron chi connectivity index (χ1n) is 7.77. The molecule has 6 heteroatoms. The van der Waals surface area contributed by atoms with Gasteiger partial charge in [0.15, 0.2) is 0 Å². The zero-order chi connectivity index (χ0) is 17.6. The second kappa shape index (κ2) is 7.44. The predicted molar refractivity (Wildman–Crippen MR) is 96.4 cm³/mol. The number of anilines is 1. The summed E-state index contributed by atoms with van der Waals surface area (Å²) in [6.07, 6.45) is 8.21. The van der Waals surface area contributed by atoms with Crippen molar-refractivity contribution < 1.29 is 9.53 Å². The molecule has 126 valence electrons. The highest BCUT2D eigenvalue weighted by atomic mass is 16.5. The first-order valence-corrected chi connectivity index (χ1v) is 7.77. The van der Waals surface area contributed by atoms with E-state index < -0.39 is 0 Å². The Balaban J connectivity index is 1.57. The molecule has 0 atom stereocenters. The van der Waals surface area contributed by atoms with Crippen LogP contribution in [0.25, 0.3) is 6.08 Å². The Hall–Kier alpha value is -3.41. The maximum absolute atomic E-state index is 11.9. The molecule has 0 saturated heterocycles. The van der Waals surface area contributed by atoms with Crippen molar-refractivity contribution in [3.63, 3.8) is 0 Å². The fraction of sp³-hybridized carbons (Fsp3) is 0.105. The van der Waals surface area contributed by atoms with Gasteiger partial charge in [0, 0.05) is 31.0 Å². The Labute approximate surface area is 145 Å². The number of aromatic nitrogens is 3. The van der Waals surface area contributed by atoms with Gasteiger partial charge < -0.3 is 10.1 Å². The number of benzene rings is 1. The highest BCUT2D eigenvalue weighted by Crippen LogP contribution is 2.20. The van der Waals surface area contributed by atoms with Crippen molar-refractivity contribution in [2.45, 2.75) is 6.92 Å². The normalized spacial score (nSPS) is 10.8. The third kappa shape index (κ3) is 4.78. The van der Waals surface area contributed by atoms with Gasteiger partial charge in [-0.25, -0.2) is 4.98 Å². The molecular weight excluding hydrogens is 316 g/mol. The third-order valence-corrected chi connectivity index (χ3v) is 3.40. The van der Waals surface area contributed by atoms with Gasteiger partial charge in [0.25, 0.3) is 0 Å². The summed E-state index contributed by atoms with van der Waals surface area (Å²) in [6.45, 7) is 2.02. The molecule has 0 aliphatic heterocycles. The maximum Gasteiger partial charge on any atom is 0.248 e. The van der Waals surface area contributed by atoms with E-state index in [1.54, 1.807) is 35.3 Å². The van der Waals surface area contributed by atoms with Crippen LogP contribution in [-0.4, -0.2) is 20.7 Å². The first kappa shape index (κ1) is 16.4. The number of amides is 1. The average Bonchev–Trinajstić information content (AvgIpc) is 3.02. The molecule has 0 unspecified atom stereocenters. The Morgan fingerprint density at radius 2 is 1.96 bits per heavy atom. The van der Waals surface area contributed by atoms with Crippen molar-refractivity contribution in [3.05, 3.63) is 72.2 Å². The van der Waals surface area contributed by atoms with Crippen LogP contribution in [0.3, 0.4) is 0 Å². The minimum atomic E-state index is -0.238. The Bertz CT molecular complexity index is 881. The van der Waals surface area contributed by atoms with Gasteiger partial charge in [-0.15, -0.1) is 0 Å². The van der Waals surface area contributed by atoms with Gasteiger partial charge in [0.2, 0.25) is 11.8 Å². The lowest BCUT2D eigenvalue weighted by Gasteiger charge is -2.06. The summed E-state index contributed by atoms with van der Waals surface area (Å²) in [7, 11) is 1.82. The summed E-state index contributed by atoms with van der Waals surface area (Å²) in [4.78, 5) is 16.1. The highest BCUT2D eigenvalue weighted by molar-refractivity contribution is 6.01. The van der Waals surface area contributed by atoms with Crippen molar-refractivity contribution in [3.8, 4) is 11.6 Å². The van der Waals surface area contributed by atoms with Gasteiger partial charge in [-0.3, -0.25) is 9.48 Å².